The van der Waals surface area contributed by atoms with Crippen molar-refractivity contribution in [3.8, 4) is 0 Å². The molecule has 1 saturated heterocycles. The van der Waals surface area contributed by atoms with E-state index in [2.05, 4.69) is 40.5 Å². The van der Waals surface area contributed by atoms with Crippen LogP contribution in [0.25, 0.3) is 11.2 Å². The number of nitrogens with one attached hydrogen (secondary N) is 2. The van der Waals surface area contributed by atoms with E-state index in [9.17, 15) is 62.7 Å². The maximum Gasteiger partial charge on any atom is 0.481 e. The number of rotatable bonds is 31. The van der Waals surface area contributed by atoms with Crippen LogP contribution < -0.4 is 16.4 Å². The van der Waals surface area contributed by atoms with Crippen molar-refractivity contribution in [2.75, 3.05) is 37.8 Å². The number of imidazole rings is 1. The van der Waals surface area contributed by atoms with E-state index in [0.717, 1.165) is 61.1 Å². The summed E-state index contributed by atoms with van der Waals surface area (Å²) in [7, 11) is -16.4. The number of thioether (sulfide) groups is 1. The van der Waals surface area contributed by atoms with E-state index in [1.54, 1.807) is 6.08 Å². The summed E-state index contributed by atoms with van der Waals surface area (Å²) < 4.78 is 62.3. The number of ether oxygens (including phenoxy) is 1. The Labute approximate surface area is 389 Å². The summed E-state index contributed by atoms with van der Waals surface area (Å²) >= 11 is 1.07. The number of hydrogen-bond acceptors (Lipinski definition) is 19. The summed E-state index contributed by atoms with van der Waals surface area (Å²) in [6.07, 6.45) is 10.0. The number of allylic oxidation sites excluding steroid dienone is 5. The van der Waals surface area contributed by atoms with Gasteiger partial charge in [-0.15, -0.1) is 0 Å². The highest BCUT2D eigenvalue weighted by molar-refractivity contribution is 8.13. The minimum atomic E-state index is -5.59. The lowest BCUT2D eigenvalue weighted by Gasteiger charge is -2.30. The Morgan fingerprint density at radius 2 is 1.58 bits per heavy atom. The van der Waals surface area contributed by atoms with E-state index >= 15 is 0 Å². The van der Waals surface area contributed by atoms with Crippen molar-refractivity contribution in [2.45, 2.75) is 102 Å². The molecule has 0 aliphatic carbocycles. The van der Waals surface area contributed by atoms with Crippen LogP contribution in [0, 0.1) is 5.41 Å². The highest BCUT2D eigenvalue weighted by Crippen LogP contribution is 2.61. The number of nitrogens with two attached hydrogens (primary N) is 1. The molecule has 2 aromatic heterocycles. The number of carboxylic acids is 1. The molecule has 1 aliphatic heterocycles. The SMILES string of the molecule is CC(C)(COP(=O)(O)OP(=O)(O)OCC1OC(n2cnc3c(N)ncnc32)C(O)C1OP(=O)(O)O)C(O)C(=O)NCCC(=O)NCCSC(=O)CC/C=C/C/C=C/CCCC/C=C/CC(=O)O. The number of carbonyl (C=O) groups is 4. The number of anilines is 1. The zero-order valence-corrected chi connectivity index (χ0v) is 40.1. The van der Waals surface area contributed by atoms with Crippen molar-refractivity contribution < 1.29 is 90.4 Å². The summed E-state index contributed by atoms with van der Waals surface area (Å²) in [5, 5.41) is 35.0. The molecule has 3 rings (SSSR count). The third kappa shape index (κ3) is 21.2. The Kier molecular flexibility index (Phi) is 23.6. The lowest BCUT2D eigenvalue weighted by molar-refractivity contribution is -0.137. The summed E-state index contributed by atoms with van der Waals surface area (Å²) in [6.45, 7) is 0.428. The molecular weight excluding hydrogens is 971 g/mol. The molecule has 2 aromatic rings. The first kappa shape index (κ1) is 57.6. The van der Waals surface area contributed by atoms with Gasteiger partial charge in [0, 0.05) is 37.1 Å². The molecule has 0 bridgehead atoms. The number of hydrogen-bond donors (Lipinski definition) is 10. The highest BCUT2D eigenvalue weighted by atomic mass is 32.2. The molecule has 26 nitrogen and oxygen atoms in total. The van der Waals surface area contributed by atoms with Crippen LogP contribution in [0.4, 0.5) is 5.82 Å². The van der Waals surface area contributed by atoms with Crippen LogP contribution in [-0.4, -0.2) is 134 Å². The fourth-order valence-electron chi connectivity index (χ4n) is 5.90. The van der Waals surface area contributed by atoms with Crippen molar-refractivity contribution in [2.24, 2.45) is 5.41 Å². The van der Waals surface area contributed by atoms with Gasteiger partial charge in [-0.2, -0.15) is 4.31 Å². The predicted molar refractivity (Wildman–Crippen MR) is 239 cm³/mol. The van der Waals surface area contributed by atoms with Crippen LogP contribution in [0.1, 0.15) is 77.9 Å². The highest BCUT2D eigenvalue weighted by Gasteiger charge is 2.50. The number of unbranched alkanes of at least 4 members (excludes halogenated alkanes) is 3. The normalized spacial score (nSPS) is 20.4. The molecule has 0 aromatic carbocycles. The van der Waals surface area contributed by atoms with Crippen LogP contribution >= 0.6 is 35.2 Å². The fraction of sp³-hybridized carbons (Fsp3) is 0.595. The molecule has 1 fully saturated rings. The van der Waals surface area contributed by atoms with Gasteiger partial charge >= 0.3 is 29.4 Å². The number of phosphoric acid groups is 3. The van der Waals surface area contributed by atoms with Crippen LogP contribution in [0.2, 0.25) is 0 Å². The zero-order chi connectivity index (χ0) is 49.8. The van der Waals surface area contributed by atoms with E-state index in [-0.39, 0.29) is 48.0 Å². The van der Waals surface area contributed by atoms with E-state index in [4.69, 9.17) is 24.6 Å². The molecular formula is C37H58N7O19P3S. The number of carbonyl (C=O) groups excluding carboxylic acids is 3. The molecule has 0 saturated carbocycles. The van der Waals surface area contributed by atoms with Crippen molar-refractivity contribution in [1.29, 1.82) is 0 Å². The van der Waals surface area contributed by atoms with Crippen molar-refractivity contribution >= 4 is 75.1 Å². The van der Waals surface area contributed by atoms with Gasteiger partial charge in [-0.1, -0.05) is 62.1 Å². The molecule has 0 radical (unpaired) electrons. The predicted octanol–water partition coefficient (Wildman–Crippen LogP) is 2.54. The Morgan fingerprint density at radius 1 is 0.925 bits per heavy atom. The number of aliphatic hydroxyl groups excluding tert-OH is 2. The molecule has 1 aliphatic rings. The van der Waals surface area contributed by atoms with Crippen molar-refractivity contribution in [1.82, 2.24) is 30.2 Å². The van der Waals surface area contributed by atoms with Gasteiger partial charge in [0.05, 0.1) is 26.0 Å². The number of aliphatic carboxylic acids is 1. The lowest BCUT2D eigenvalue weighted by atomic mass is 9.87. The lowest BCUT2D eigenvalue weighted by Crippen LogP contribution is -2.46. The minimum absolute atomic E-state index is 0.0248. The second-order valence-corrected chi connectivity index (χ2v) is 20.7. The smallest absolute Gasteiger partial charge is 0.481 e. The van der Waals surface area contributed by atoms with Crippen molar-refractivity contribution in [3.63, 3.8) is 0 Å². The number of nitrogen functional groups attached to an aromatic ring is 1. The molecule has 3 heterocycles. The van der Waals surface area contributed by atoms with Gasteiger partial charge in [-0.3, -0.25) is 37.3 Å². The Hall–Kier alpha value is -3.75. The average Bonchev–Trinajstić information content (AvgIpc) is 3.80. The molecule has 30 heteroatoms. The second kappa shape index (κ2) is 27.4. The van der Waals surface area contributed by atoms with Crippen LogP contribution in [0.5, 0.6) is 0 Å². The van der Waals surface area contributed by atoms with Crippen molar-refractivity contribution in [3.05, 3.63) is 49.1 Å². The number of phosphoric ester groups is 3. The minimum Gasteiger partial charge on any atom is -0.481 e. The first-order valence-electron chi connectivity index (χ1n) is 20.6. The Bertz CT molecular complexity index is 2210. The molecule has 2 amide bonds. The zero-order valence-electron chi connectivity index (χ0n) is 36.6. The number of fused-ring (bicyclic) bond motifs is 1. The first-order chi connectivity index (χ1) is 31.4. The van der Waals surface area contributed by atoms with Gasteiger partial charge in [-0.05, 0) is 38.5 Å². The Morgan fingerprint density at radius 3 is 2.25 bits per heavy atom. The molecule has 376 valence electrons. The largest absolute Gasteiger partial charge is 0.481 e. The standard InChI is InChI=1S/C37H58N7O19P3S/c1-37(2,32(50)35(51)40-18-17-26(45)39-19-20-67-28(48)16-14-12-10-8-6-4-3-5-7-9-11-13-15-27(46)47)22-60-66(57,58)63-65(55,56)59-21-25-31(62-64(52,53)54)30(49)36(61-25)44-24-43-29-33(38)41-23-42-34(29)44/h4,6,10-13,23-25,30-32,36,49-50H,3,5,7-9,14-22H2,1-2H3,(H,39,45)(H,40,51)(H,46,47)(H,55,56)(H,57,58)(H2,38,41,42)(H2,52,53,54)/b6-4+,12-10+,13-11+. The number of aliphatic hydroxyl groups is 2. The monoisotopic (exact) mass is 1030 g/mol. The fourth-order valence-corrected chi connectivity index (χ4v) is 9.42. The number of nitrogens with zero attached hydrogens (tertiary/aromatic N) is 4. The summed E-state index contributed by atoms with van der Waals surface area (Å²) in [5.41, 5.74) is 4.24. The molecule has 7 unspecified atom stereocenters. The van der Waals surface area contributed by atoms with Gasteiger partial charge < -0.3 is 56.0 Å². The van der Waals surface area contributed by atoms with Gasteiger partial charge in [-0.25, -0.2) is 28.6 Å². The van der Waals surface area contributed by atoms with Gasteiger partial charge in [0.2, 0.25) is 11.8 Å². The van der Waals surface area contributed by atoms with Crippen LogP contribution in [0.15, 0.2) is 49.1 Å². The third-order valence-corrected chi connectivity index (χ3v) is 13.4. The van der Waals surface area contributed by atoms with Gasteiger partial charge in [0.15, 0.2) is 22.8 Å². The summed E-state index contributed by atoms with van der Waals surface area (Å²) in [6, 6.07) is 0. The van der Waals surface area contributed by atoms with Crippen LogP contribution in [0.3, 0.4) is 0 Å². The molecule has 0 spiro atoms. The average molecular weight is 1030 g/mol. The second-order valence-electron chi connectivity index (χ2n) is 15.4. The summed E-state index contributed by atoms with van der Waals surface area (Å²) in [5.74, 6) is -2.00. The topological polar surface area (TPSA) is 401 Å². The van der Waals surface area contributed by atoms with E-state index < -0.39 is 90.5 Å². The molecule has 67 heavy (non-hydrogen) atoms. The number of aromatic nitrogens is 4. The number of amides is 2. The molecule has 11 N–H and O–H groups in total. The van der Waals surface area contributed by atoms with E-state index in [1.807, 2.05) is 24.3 Å². The third-order valence-electron chi connectivity index (χ3n) is 9.34. The number of carboxylic acid groups (broad SMARTS) is 1. The Balaban J connectivity index is 1.33. The van der Waals surface area contributed by atoms with Crippen LogP contribution in [-0.2, 0) is 55.5 Å². The molecule has 7 atom stereocenters. The quantitative estimate of drug-likeness (QED) is 0.0295. The maximum atomic E-state index is 12.7. The van der Waals surface area contributed by atoms with E-state index in [0.29, 0.717) is 18.6 Å². The van der Waals surface area contributed by atoms with E-state index in [1.165, 1.54) is 13.8 Å². The van der Waals surface area contributed by atoms with Gasteiger partial charge in [0.1, 0.15) is 36.3 Å². The first-order valence-corrected chi connectivity index (χ1v) is 26.1. The summed E-state index contributed by atoms with van der Waals surface area (Å²) in [4.78, 5) is 98.6. The maximum absolute atomic E-state index is 12.7. The van der Waals surface area contributed by atoms with Gasteiger partial charge in [0.25, 0.3) is 0 Å².